The highest BCUT2D eigenvalue weighted by molar-refractivity contribution is 5.98. The minimum Gasteiger partial charge on any atom is -0.396 e. The molecule has 1 rings (SSSR count). The number of hydrogen-bond acceptors (Lipinski definition) is 5. The van der Waals surface area contributed by atoms with E-state index in [9.17, 15) is 9.59 Å². The summed E-state index contributed by atoms with van der Waals surface area (Å²) < 4.78 is 6.20. The summed E-state index contributed by atoms with van der Waals surface area (Å²) in [7, 11) is 4.70. The molecule has 0 unspecified atom stereocenters. The fourth-order valence-electron chi connectivity index (χ4n) is 1.53. The van der Waals surface area contributed by atoms with E-state index in [2.05, 4.69) is 10.4 Å². The lowest BCUT2D eigenvalue weighted by Gasteiger charge is -2.17. The van der Waals surface area contributed by atoms with Gasteiger partial charge >= 0.3 is 0 Å². The van der Waals surface area contributed by atoms with Crippen LogP contribution in [-0.4, -0.2) is 60.3 Å². The number of carbonyl (C=O) groups excluding carboxylic acids is 2. The van der Waals surface area contributed by atoms with Gasteiger partial charge in [0.2, 0.25) is 5.91 Å². The van der Waals surface area contributed by atoms with Gasteiger partial charge in [0.25, 0.3) is 5.91 Å². The van der Waals surface area contributed by atoms with Gasteiger partial charge in [-0.3, -0.25) is 14.3 Å². The van der Waals surface area contributed by atoms with Crippen molar-refractivity contribution in [3.05, 3.63) is 11.9 Å². The number of anilines is 1. The van der Waals surface area contributed by atoms with Crippen molar-refractivity contribution in [2.45, 2.75) is 0 Å². The highest BCUT2D eigenvalue weighted by Gasteiger charge is 2.20. The van der Waals surface area contributed by atoms with Crippen molar-refractivity contribution in [2.24, 2.45) is 7.05 Å². The van der Waals surface area contributed by atoms with Crippen LogP contribution in [0.4, 0.5) is 5.69 Å². The number of carbonyl (C=O) groups is 2. The van der Waals surface area contributed by atoms with Gasteiger partial charge in [-0.1, -0.05) is 0 Å². The number of nitrogens with one attached hydrogen (secondary N) is 1. The second-order valence-corrected chi connectivity index (χ2v) is 4.08. The van der Waals surface area contributed by atoms with Crippen LogP contribution in [0.3, 0.4) is 0 Å². The number of nitrogen functional groups attached to an aromatic ring is 1. The van der Waals surface area contributed by atoms with Gasteiger partial charge in [0, 0.05) is 27.7 Å². The van der Waals surface area contributed by atoms with E-state index in [1.165, 1.54) is 22.8 Å². The summed E-state index contributed by atoms with van der Waals surface area (Å²) in [6.45, 7) is 0.788. The molecular formula is C11H19N5O3. The molecule has 0 saturated heterocycles. The van der Waals surface area contributed by atoms with Crippen LogP contribution in [0.15, 0.2) is 6.20 Å². The summed E-state index contributed by atoms with van der Waals surface area (Å²) in [5.74, 6) is -0.604. The molecule has 2 amide bonds. The van der Waals surface area contributed by atoms with Crippen molar-refractivity contribution < 1.29 is 14.3 Å². The fourth-order valence-corrected chi connectivity index (χ4v) is 1.53. The molecule has 0 atom stereocenters. The van der Waals surface area contributed by atoms with E-state index in [4.69, 9.17) is 10.5 Å². The molecule has 0 bridgehead atoms. The van der Waals surface area contributed by atoms with Crippen LogP contribution in [-0.2, 0) is 16.6 Å². The number of nitrogens with zero attached hydrogens (tertiary/aromatic N) is 3. The number of aryl methyl sites for hydroxylation is 1. The maximum Gasteiger partial charge on any atom is 0.274 e. The second kappa shape index (κ2) is 6.74. The molecule has 0 aliphatic heterocycles. The van der Waals surface area contributed by atoms with Gasteiger partial charge in [-0.15, -0.1) is 0 Å². The zero-order valence-corrected chi connectivity index (χ0v) is 11.3. The smallest absolute Gasteiger partial charge is 0.274 e. The van der Waals surface area contributed by atoms with Crippen molar-refractivity contribution in [3.63, 3.8) is 0 Å². The van der Waals surface area contributed by atoms with E-state index in [0.717, 1.165) is 0 Å². The zero-order chi connectivity index (χ0) is 14.4. The number of rotatable bonds is 6. The molecule has 1 aromatic rings. The third-order valence-electron chi connectivity index (χ3n) is 2.53. The standard InChI is InChI=1S/C11H19N5O3/c1-15(7-9(17)13-4-5-19-3)11(18)10-8(12)6-14-16(10)2/h6H,4-5,7,12H2,1-3H3,(H,13,17). The lowest BCUT2D eigenvalue weighted by Crippen LogP contribution is -2.40. The minimum absolute atomic E-state index is 0.0484. The first-order chi connectivity index (χ1) is 8.97. The molecule has 8 nitrogen and oxygen atoms in total. The molecule has 0 fully saturated rings. The lowest BCUT2D eigenvalue weighted by molar-refractivity contribution is -0.121. The highest BCUT2D eigenvalue weighted by Crippen LogP contribution is 2.11. The average Bonchev–Trinajstić information content (AvgIpc) is 2.68. The van der Waals surface area contributed by atoms with Crippen LogP contribution in [0.2, 0.25) is 0 Å². The first kappa shape index (κ1) is 15.0. The largest absolute Gasteiger partial charge is 0.396 e. The summed E-state index contributed by atoms with van der Waals surface area (Å²) in [4.78, 5) is 24.9. The minimum atomic E-state index is -0.348. The molecule has 0 aromatic carbocycles. The maximum atomic E-state index is 12.1. The Morgan fingerprint density at radius 1 is 1.58 bits per heavy atom. The molecule has 0 aliphatic rings. The predicted molar refractivity (Wildman–Crippen MR) is 69.5 cm³/mol. The van der Waals surface area contributed by atoms with E-state index < -0.39 is 0 Å². The van der Waals surface area contributed by atoms with E-state index in [0.29, 0.717) is 18.8 Å². The zero-order valence-electron chi connectivity index (χ0n) is 11.3. The van der Waals surface area contributed by atoms with Gasteiger partial charge in [-0.05, 0) is 0 Å². The Morgan fingerprint density at radius 2 is 2.26 bits per heavy atom. The van der Waals surface area contributed by atoms with Crippen molar-refractivity contribution in [3.8, 4) is 0 Å². The van der Waals surface area contributed by atoms with E-state index >= 15 is 0 Å². The van der Waals surface area contributed by atoms with Gasteiger partial charge in [-0.2, -0.15) is 5.10 Å². The van der Waals surface area contributed by atoms with Crippen molar-refractivity contribution in [2.75, 3.05) is 39.6 Å². The molecule has 8 heteroatoms. The summed E-state index contributed by atoms with van der Waals surface area (Å²) in [5.41, 5.74) is 6.22. The number of hydrogen-bond donors (Lipinski definition) is 2. The fraction of sp³-hybridized carbons (Fsp3) is 0.545. The molecule has 1 aromatic heterocycles. The van der Waals surface area contributed by atoms with Gasteiger partial charge < -0.3 is 20.7 Å². The molecular weight excluding hydrogens is 250 g/mol. The topological polar surface area (TPSA) is 102 Å². The Hall–Kier alpha value is -2.09. The summed E-state index contributed by atoms with van der Waals surface area (Å²) >= 11 is 0. The molecule has 0 saturated carbocycles. The number of aromatic nitrogens is 2. The molecule has 1 heterocycles. The van der Waals surface area contributed by atoms with E-state index in [1.807, 2.05) is 0 Å². The molecule has 0 spiro atoms. The number of nitrogens with two attached hydrogens (primary N) is 1. The molecule has 106 valence electrons. The quantitative estimate of drug-likeness (QED) is 0.634. The summed E-state index contributed by atoms with van der Waals surface area (Å²) in [5, 5.41) is 6.52. The normalized spacial score (nSPS) is 10.3. The molecule has 0 aliphatic carbocycles. The van der Waals surface area contributed by atoms with Crippen molar-refractivity contribution >= 4 is 17.5 Å². The molecule has 19 heavy (non-hydrogen) atoms. The van der Waals surface area contributed by atoms with Crippen molar-refractivity contribution in [1.82, 2.24) is 20.0 Å². The second-order valence-electron chi connectivity index (χ2n) is 4.08. The van der Waals surface area contributed by atoms with Gasteiger partial charge in [-0.25, -0.2) is 0 Å². The highest BCUT2D eigenvalue weighted by atomic mass is 16.5. The number of methoxy groups -OCH3 is 1. The maximum absolute atomic E-state index is 12.1. The van der Waals surface area contributed by atoms with Crippen LogP contribution in [0.25, 0.3) is 0 Å². The van der Waals surface area contributed by atoms with Gasteiger partial charge in [0.15, 0.2) is 0 Å². The SMILES string of the molecule is COCCNC(=O)CN(C)C(=O)c1c(N)cnn1C. The lowest BCUT2D eigenvalue weighted by atomic mass is 10.3. The average molecular weight is 269 g/mol. The summed E-state index contributed by atoms with van der Waals surface area (Å²) in [6.07, 6.45) is 1.40. The first-order valence-electron chi connectivity index (χ1n) is 5.76. The molecule has 3 N–H and O–H groups in total. The van der Waals surface area contributed by atoms with Crippen LogP contribution >= 0.6 is 0 Å². The predicted octanol–water partition coefficient (Wildman–Crippen LogP) is -1.16. The van der Waals surface area contributed by atoms with E-state index in [1.54, 1.807) is 14.2 Å². The Bertz CT molecular complexity index is 438. The first-order valence-corrected chi connectivity index (χ1v) is 5.76. The van der Waals surface area contributed by atoms with Crippen LogP contribution < -0.4 is 11.1 Å². The Labute approximate surface area is 111 Å². The third kappa shape index (κ3) is 3.95. The van der Waals surface area contributed by atoms with Crippen molar-refractivity contribution in [1.29, 1.82) is 0 Å². The Kier molecular flexibility index (Phi) is 5.31. The number of likely N-dealkylation sites (N-methyl/N-ethyl adjacent to an activating group) is 1. The van der Waals surface area contributed by atoms with Gasteiger partial charge in [0.05, 0.1) is 25.0 Å². The third-order valence-corrected chi connectivity index (χ3v) is 2.53. The van der Waals surface area contributed by atoms with Crippen LogP contribution in [0.1, 0.15) is 10.5 Å². The molecule has 0 radical (unpaired) electrons. The number of amides is 2. The Balaban J connectivity index is 2.56. The number of ether oxygens (including phenoxy) is 1. The van der Waals surface area contributed by atoms with Gasteiger partial charge in [0.1, 0.15) is 5.69 Å². The van der Waals surface area contributed by atoms with E-state index in [-0.39, 0.29) is 24.1 Å². The monoisotopic (exact) mass is 269 g/mol. The van der Waals surface area contributed by atoms with Crippen LogP contribution in [0.5, 0.6) is 0 Å². The summed E-state index contributed by atoms with van der Waals surface area (Å²) in [6, 6.07) is 0. The Morgan fingerprint density at radius 3 is 2.79 bits per heavy atom. The van der Waals surface area contributed by atoms with Crippen LogP contribution in [0, 0.1) is 0 Å².